The van der Waals surface area contributed by atoms with Crippen molar-refractivity contribution in [3.05, 3.63) is 23.6 Å². The molecule has 0 saturated carbocycles. The SMILES string of the molecule is Cc1cc2occ(C)c2[nH]1. The lowest BCUT2D eigenvalue weighted by Gasteiger charge is -1.79. The molecule has 0 aliphatic carbocycles. The van der Waals surface area contributed by atoms with E-state index < -0.39 is 0 Å². The van der Waals surface area contributed by atoms with Gasteiger partial charge in [0.1, 0.15) is 0 Å². The van der Waals surface area contributed by atoms with Gasteiger partial charge in [-0.25, -0.2) is 0 Å². The maximum absolute atomic E-state index is 5.24. The summed E-state index contributed by atoms with van der Waals surface area (Å²) in [6.07, 6.45) is 1.76. The van der Waals surface area contributed by atoms with Crippen LogP contribution in [0.1, 0.15) is 11.3 Å². The van der Waals surface area contributed by atoms with Crippen LogP contribution in [0.3, 0.4) is 0 Å². The number of nitrogens with one attached hydrogen (secondary N) is 1. The van der Waals surface area contributed by atoms with Crippen LogP contribution in [0.5, 0.6) is 0 Å². The molecule has 2 rings (SSSR count). The van der Waals surface area contributed by atoms with Gasteiger partial charge in [-0.15, -0.1) is 0 Å². The first-order chi connectivity index (χ1) is 4.77. The molecule has 2 nitrogen and oxygen atoms in total. The number of H-pyrrole nitrogens is 1. The highest BCUT2D eigenvalue weighted by atomic mass is 16.3. The molecule has 0 spiro atoms. The summed E-state index contributed by atoms with van der Waals surface area (Å²) in [6, 6.07) is 2.00. The molecule has 0 aliphatic rings. The zero-order valence-electron chi connectivity index (χ0n) is 6.06. The second kappa shape index (κ2) is 1.66. The largest absolute Gasteiger partial charge is 0.462 e. The Morgan fingerprint density at radius 1 is 1.40 bits per heavy atom. The molecule has 0 amide bonds. The van der Waals surface area contributed by atoms with Crippen molar-refractivity contribution < 1.29 is 4.42 Å². The zero-order chi connectivity index (χ0) is 7.14. The van der Waals surface area contributed by atoms with Gasteiger partial charge in [-0.1, -0.05) is 0 Å². The first-order valence-corrected chi connectivity index (χ1v) is 3.31. The van der Waals surface area contributed by atoms with E-state index in [1.807, 2.05) is 19.9 Å². The summed E-state index contributed by atoms with van der Waals surface area (Å²) in [5.74, 6) is 0. The van der Waals surface area contributed by atoms with Crippen molar-refractivity contribution in [2.75, 3.05) is 0 Å². The third kappa shape index (κ3) is 0.588. The Morgan fingerprint density at radius 2 is 2.20 bits per heavy atom. The van der Waals surface area contributed by atoms with Gasteiger partial charge in [-0.05, 0) is 13.8 Å². The van der Waals surface area contributed by atoms with Crippen molar-refractivity contribution >= 4 is 11.1 Å². The molecule has 2 aromatic rings. The number of fused-ring (bicyclic) bond motifs is 1. The summed E-state index contributed by atoms with van der Waals surface area (Å²) in [4.78, 5) is 3.21. The molecular weight excluding hydrogens is 126 g/mol. The summed E-state index contributed by atoms with van der Waals surface area (Å²) in [7, 11) is 0. The number of aryl methyl sites for hydroxylation is 2. The number of aromatic nitrogens is 1. The van der Waals surface area contributed by atoms with Gasteiger partial charge >= 0.3 is 0 Å². The summed E-state index contributed by atoms with van der Waals surface area (Å²) in [6.45, 7) is 4.05. The Balaban J connectivity index is 2.90. The van der Waals surface area contributed by atoms with Gasteiger partial charge in [-0.3, -0.25) is 0 Å². The van der Waals surface area contributed by atoms with Crippen molar-refractivity contribution in [2.24, 2.45) is 0 Å². The molecule has 2 heterocycles. The van der Waals surface area contributed by atoms with Crippen LogP contribution in [0.15, 0.2) is 16.7 Å². The van der Waals surface area contributed by atoms with E-state index in [0.29, 0.717) is 0 Å². The molecule has 0 aliphatic heterocycles. The minimum Gasteiger partial charge on any atom is -0.462 e. The van der Waals surface area contributed by atoms with Gasteiger partial charge in [-0.2, -0.15) is 0 Å². The van der Waals surface area contributed by atoms with Crippen LogP contribution < -0.4 is 0 Å². The van der Waals surface area contributed by atoms with Crippen molar-refractivity contribution in [3.63, 3.8) is 0 Å². The summed E-state index contributed by atoms with van der Waals surface area (Å²) >= 11 is 0. The standard InChI is InChI=1S/C8H9NO/c1-5-4-10-7-3-6(2)9-8(5)7/h3-4,9H,1-2H3. The van der Waals surface area contributed by atoms with E-state index in [0.717, 1.165) is 16.8 Å². The molecule has 0 aromatic carbocycles. The van der Waals surface area contributed by atoms with E-state index in [-0.39, 0.29) is 0 Å². The molecule has 2 heteroatoms. The average molecular weight is 135 g/mol. The fourth-order valence-corrected chi connectivity index (χ4v) is 1.16. The van der Waals surface area contributed by atoms with E-state index in [4.69, 9.17) is 4.42 Å². The lowest BCUT2D eigenvalue weighted by Crippen LogP contribution is -1.68. The van der Waals surface area contributed by atoms with Gasteiger partial charge in [0, 0.05) is 17.3 Å². The molecule has 10 heavy (non-hydrogen) atoms. The first-order valence-electron chi connectivity index (χ1n) is 3.31. The maximum atomic E-state index is 5.24. The molecule has 0 bridgehead atoms. The molecule has 0 radical (unpaired) electrons. The van der Waals surface area contributed by atoms with Gasteiger partial charge < -0.3 is 9.40 Å². The van der Waals surface area contributed by atoms with Gasteiger partial charge in [0.25, 0.3) is 0 Å². The molecule has 2 aromatic heterocycles. The maximum Gasteiger partial charge on any atom is 0.152 e. The Labute approximate surface area is 58.8 Å². The van der Waals surface area contributed by atoms with Crippen LogP contribution in [-0.2, 0) is 0 Å². The minimum absolute atomic E-state index is 0.954. The third-order valence-corrected chi connectivity index (χ3v) is 1.67. The average Bonchev–Trinajstić information content (AvgIpc) is 2.35. The fourth-order valence-electron chi connectivity index (χ4n) is 1.16. The van der Waals surface area contributed by atoms with Crippen molar-refractivity contribution in [1.29, 1.82) is 0 Å². The van der Waals surface area contributed by atoms with E-state index in [1.165, 1.54) is 5.56 Å². The fraction of sp³-hybridized carbons (Fsp3) is 0.250. The Kier molecular flexibility index (Phi) is 0.926. The predicted octanol–water partition coefficient (Wildman–Crippen LogP) is 2.38. The number of furan rings is 1. The summed E-state index contributed by atoms with van der Waals surface area (Å²) in [5, 5.41) is 0. The molecular formula is C8H9NO. The lowest BCUT2D eigenvalue weighted by molar-refractivity contribution is 0.613. The second-order valence-electron chi connectivity index (χ2n) is 2.61. The highest BCUT2D eigenvalue weighted by Gasteiger charge is 2.02. The van der Waals surface area contributed by atoms with Crippen LogP contribution in [-0.4, -0.2) is 4.98 Å². The number of aromatic amines is 1. The van der Waals surface area contributed by atoms with Crippen LogP contribution in [0.2, 0.25) is 0 Å². The van der Waals surface area contributed by atoms with Crippen LogP contribution >= 0.6 is 0 Å². The second-order valence-corrected chi connectivity index (χ2v) is 2.61. The number of hydrogen-bond acceptors (Lipinski definition) is 1. The van der Waals surface area contributed by atoms with Gasteiger partial charge in [0.05, 0.1) is 11.8 Å². The molecule has 0 atom stereocenters. The monoisotopic (exact) mass is 135 g/mol. The van der Waals surface area contributed by atoms with Crippen molar-refractivity contribution in [2.45, 2.75) is 13.8 Å². The first kappa shape index (κ1) is 5.59. The van der Waals surface area contributed by atoms with Gasteiger partial charge in [0.2, 0.25) is 0 Å². The smallest absolute Gasteiger partial charge is 0.152 e. The third-order valence-electron chi connectivity index (χ3n) is 1.67. The summed E-state index contributed by atoms with van der Waals surface area (Å²) in [5.41, 5.74) is 4.40. The van der Waals surface area contributed by atoms with E-state index >= 15 is 0 Å². The van der Waals surface area contributed by atoms with Crippen LogP contribution in [0.4, 0.5) is 0 Å². The zero-order valence-corrected chi connectivity index (χ0v) is 6.06. The topological polar surface area (TPSA) is 28.9 Å². The van der Waals surface area contributed by atoms with Crippen molar-refractivity contribution in [1.82, 2.24) is 4.98 Å². The number of rotatable bonds is 0. The van der Waals surface area contributed by atoms with Crippen molar-refractivity contribution in [3.8, 4) is 0 Å². The lowest BCUT2D eigenvalue weighted by atomic mass is 10.3. The van der Waals surface area contributed by atoms with Crippen LogP contribution in [0, 0.1) is 13.8 Å². The minimum atomic E-state index is 0.954. The predicted molar refractivity (Wildman–Crippen MR) is 40.0 cm³/mol. The highest BCUT2D eigenvalue weighted by molar-refractivity contribution is 5.77. The highest BCUT2D eigenvalue weighted by Crippen LogP contribution is 2.19. The number of hydrogen-bond donors (Lipinski definition) is 1. The van der Waals surface area contributed by atoms with Crippen LogP contribution in [0.25, 0.3) is 11.1 Å². The van der Waals surface area contributed by atoms with E-state index in [2.05, 4.69) is 4.98 Å². The molecule has 0 fully saturated rings. The van der Waals surface area contributed by atoms with Gasteiger partial charge in [0.15, 0.2) is 5.58 Å². The van der Waals surface area contributed by atoms with E-state index in [9.17, 15) is 0 Å². The van der Waals surface area contributed by atoms with E-state index in [1.54, 1.807) is 6.26 Å². The normalized spacial score (nSPS) is 11.0. The Bertz CT molecular complexity index is 356. The molecule has 0 saturated heterocycles. The molecule has 0 unspecified atom stereocenters. The molecule has 52 valence electrons. The quantitative estimate of drug-likeness (QED) is 0.590. The Hall–Kier alpha value is -1.18. The summed E-state index contributed by atoms with van der Waals surface area (Å²) < 4.78 is 5.24. The Morgan fingerprint density at radius 3 is 2.90 bits per heavy atom. The molecule has 1 N–H and O–H groups in total.